The van der Waals surface area contributed by atoms with Gasteiger partial charge in [-0.1, -0.05) is 0 Å². The number of nitrogens with zero attached hydrogens (tertiary/aromatic N) is 4. The molecule has 1 atom stereocenters. The third-order valence-electron chi connectivity index (χ3n) is 3.51. The third kappa shape index (κ3) is 1.84. The van der Waals surface area contributed by atoms with E-state index in [-0.39, 0.29) is 19.4 Å². The fourth-order valence-electron chi connectivity index (χ4n) is 2.35. The Morgan fingerprint density at radius 3 is 2.84 bits per heavy atom. The van der Waals surface area contributed by atoms with Crippen molar-refractivity contribution in [2.75, 3.05) is 18.9 Å². The zero-order valence-electron chi connectivity index (χ0n) is 10.2. The molecule has 1 saturated heterocycles. The number of anilines is 1. The number of aliphatic hydroxyl groups is 2. The summed E-state index contributed by atoms with van der Waals surface area (Å²) in [4.78, 5) is 12.2. The molecule has 0 spiro atoms. The van der Waals surface area contributed by atoms with Crippen molar-refractivity contribution < 1.29 is 14.9 Å². The van der Waals surface area contributed by atoms with Gasteiger partial charge in [0.2, 0.25) is 0 Å². The molecule has 8 heteroatoms. The van der Waals surface area contributed by atoms with Gasteiger partial charge < -0.3 is 20.7 Å². The minimum atomic E-state index is -0.889. The van der Waals surface area contributed by atoms with Crippen LogP contribution >= 0.6 is 0 Å². The molecule has 0 radical (unpaired) electrons. The van der Waals surface area contributed by atoms with E-state index in [1.165, 1.54) is 6.33 Å². The second kappa shape index (κ2) is 4.41. The van der Waals surface area contributed by atoms with Crippen LogP contribution in [0.15, 0.2) is 12.7 Å². The molecule has 1 fully saturated rings. The number of imidazole rings is 1. The lowest BCUT2D eigenvalue weighted by Crippen LogP contribution is -2.37. The Hall–Kier alpha value is -1.77. The van der Waals surface area contributed by atoms with Gasteiger partial charge in [-0.3, -0.25) is 4.57 Å². The third-order valence-corrected chi connectivity index (χ3v) is 3.51. The number of hydrogen-bond donors (Lipinski definition) is 3. The van der Waals surface area contributed by atoms with E-state index in [0.29, 0.717) is 29.8 Å². The maximum absolute atomic E-state index is 9.33. The lowest BCUT2D eigenvalue weighted by molar-refractivity contribution is -0.120. The number of nitrogen functional groups attached to an aromatic ring is 1. The summed E-state index contributed by atoms with van der Waals surface area (Å²) in [6.45, 7) is -0.437. The van der Waals surface area contributed by atoms with Crippen molar-refractivity contribution in [1.29, 1.82) is 0 Å². The van der Waals surface area contributed by atoms with E-state index in [1.807, 2.05) is 0 Å². The predicted octanol–water partition coefficient (Wildman–Crippen LogP) is -0.559. The Labute approximate surface area is 108 Å². The van der Waals surface area contributed by atoms with E-state index in [2.05, 4.69) is 15.0 Å². The molecule has 0 aromatic carbocycles. The van der Waals surface area contributed by atoms with Gasteiger partial charge in [-0.25, -0.2) is 15.0 Å². The number of ether oxygens (including phenoxy) is 1. The summed E-state index contributed by atoms with van der Waals surface area (Å²) >= 11 is 0. The number of rotatable bonds is 3. The minimum absolute atomic E-state index is 0.218. The Kier molecular flexibility index (Phi) is 2.85. The van der Waals surface area contributed by atoms with Crippen molar-refractivity contribution in [3.63, 3.8) is 0 Å². The molecule has 19 heavy (non-hydrogen) atoms. The highest BCUT2D eigenvalue weighted by molar-refractivity contribution is 5.81. The maximum Gasteiger partial charge on any atom is 0.167 e. The molecule has 0 amide bonds. The number of fused-ring (bicyclic) bond motifs is 1. The second-order valence-electron chi connectivity index (χ2n) is 4.69. The normalized spacial score (nSPS) is 22.1. The van der Waals surface area contributed by atoms with E-state index in [0.717, 1.165) is 0 Å². The summed E-state index contributed by atoms with van der Waals surface area (Å²) in [5, 5.41) is 18.7. The Balaban J connectivity index is 1.96. The topological polar surface area (TPSA) is 119 Å². The lowest BCUT2D eigenvalue weighted by atomic mass is 10.0. The van der Waals surface area contributed by atoms with Crippen molar-refractivity contribution in [2.45, 2.75) is 24.7 Å². The Morgan fingerprint density at radius 2 is 2.16 bits per heavy atom. The van der Waals surface area contributed by atoms with Crippen LogP contribution in [-0.2, 0) is 4.74 Å². The highest BCUT2D eigenvalue weighted by Crippen LogP contribution is 2.37. The highest BCUT2D eigenvalue weighted by Gasteiger charge is 2.40. The van der Waals surface area contributed by atoms with Gasteiger partial charge >= 0.3 is 0 Å². The van der Waals surface area contributed by atoms with Crippen molar-refractivity contribution in [1.82, 2.24) is 19.5 Å². The van der Waals surface area contributed by atoms with E-state index in [1.54, 1.807) is 10.9 Å². The van der Waals surface area contributed by atoms with Gasteiger partial charge in [-0.15, -0.1) is 0 Å². The summed E-state index contributed by atoms with van der Waals surface area (Å²) in [6.07, 6.45) is 3.88. The number of aromatic nitrogens is 4. The van der Waals surface area contributed by atoms with Gasteiger partial charge in [0.05, 0.1) is 19.5 Å². The largest absolute Gasteiger partial charge is 0.393 e. The fraction of sp³-hybridized carbons (Fsp3) is 0.545. The molecule has 3 rings (SSSR count). The van der Waals surface area contributed by atoms with Crippen LogP contribution in [0.25, 0.3) is 11.2 Å². The molecule has 2 aromatic rings. The average molecular weight is 265 g/mol. The molecule has 8 nitrogen and oxygen atoms in total. The van der Waals surface area contributed by atoms with Gasteiger partial charge in [-0.05, 0) is 12.8 Å². The first-order chi connectivity index (χ1) is 9.19. The number of nitrogens with two attached hydrogens (primary N) is 1. The van der Waals surface area contributed by atoms with E-state index in [4.69, 9.17) is 10.5 Å². The lowest BCUT2D eigenvalue weighted by Gasteiger charge is -2.24. The van der Waals surface area contributed by atoms with Gasteiger partial charge in [0, 0.05) is 0 Å². The summed E-state index contributed by atoms with van der Waals surface area (Å²) < 4.78 is 7.51. The summed E-state index contributed by atoms with van der Waals surface area (Å²) in [7, 11) is 0. The molecule has 3 heterocycles. The highest BCUT2D eigenvalue weighted by atomic mass is 16.5. The number of aliphatic hydroxyl groups excluding tert-OH is 2. The van der Waals surface area contributed by atoms with E-state index < -0.39 is 5.60 Å². The van der Waals surface area contributed by atoms with Crippen molar-refractivity contribution in [3.8, 4) is 0 Å². The molecule has 0 aliphatic carbocycles. The standard InChI is InChI=1S/C11H15N5O3/c12-9-8-10(14-5-13-9)16(6-15-8)7-1-2-11(3-17,4-18)19-7/h5-7,17-18H,1-4H2,(H2,12,13,14). The molecule has 1 aliphatic heterocycles. The molecule has 0 bridgehead atoms. The van der Waals surface area contributed by atoms with Gasteiger partial charge in [0.1, 0.15) is 23.7 Å². The zero-order chi connectivity index (χ0) is 13.5. The molecule has 4 N–H and O–H groups in total. The predicted molar refractivity (Wildman–Crippen MR) is 66.0 cm³/mol. The Morgan fingerprint density at radius 1 is 1.37 bits per heavy atom. The van der Waals surface area contributed by atoms with Crippen LogP contribution in [0.5, 0.6) is 0 Å². The van der Waals surface area contributed by atoms with Gasteiger partial charge in [0.25, 0.3) is 0 Å². The first kappa shape index (κ1) is 12.3. The first-order valence-electron chi connectivity index (χ1n) is 6.02. The first-order valence-corrected chi connectivity index (χ1v) is 6.02. The zero-order valence-corrected chi connectivity index (χ0v) is 10.2. The monoisotopic (exact) mass is 265 g/mol. The Bertz CT molecular complexity index is 595. The van der Waals surface area contributed by atoms with Gasteiger partial charge in [-0.2, -0.15) is 0 Å². The molecule has 102 valence electrons. The van der Waals surface area contributed by atoms with Crippen LogP contribution in [-0.4, -0.2) is 48.5 Å². The van der Waals surface area contributed by atoms with Crippen molar-refractivity contribution in [2.24, 2.45) is 0 Å². The van der Waals surface area contributed by atoms with Crippen LogP contribution in [0.3, 0.4) is 0 Å². The van der Waals surface area contributed by atoms with Crippen LogP contribution in [0.4, 0.5) is 5.82 Å². The maximum atomic E-state index is 9.33. The molecule has 0 saturated carbocycles. The van der Waals surface area contributed by atoms with Crippen molar-refractivity contribution in [3.05, 3.63) is 12.7 Å². The second-order valence-corrected chi connectivity index (χ2v) is 4.69. The van der Waals surface area contributed by atoms with E-state index >= 15 is 0 Å². The average Bonchev–Trinajstić information content (AvgIpc) is 3.03. The van der Waals surface area contributed by atoms with E-state index in [9.17, 15) is 10.2 Å². The summed E-state index contributed by atoms with van der Waals surface area (Å²) in [5.41, 5.74) is 5.95. The fourth-order valence-corrected chi connectivity index (χ4v) is 2.35. The van der Waals surface area contributed by atoms with Crippen LogP contribution in [0, 0.1) is 0 Å². The number of hydrogen-bond acceptors (Lipinski definition) is 7. The quantitative estimate of drug-likeness (QED) is 0.680. The summed E-state index contributed by atoms with van der Waals surface area (Å²) in [5.74, 6) is 0.317. The van der Waals surface area contributed by atoms with Crippen LogP contribution in [0.1, 0.15) is 19.1 Å². The smallest absolute Gasteiger partial charge is 0.167 e. The molecular formula is C11H15N5O3. The van der Waals surface area contributed by atoms with Crippen molar-refractivity contribution >= 4 is 17.0 Å². The molecular weight excluding hydrogens is 250 g/mol. The van der Waals surface area contributed by atoms with Crippen LogP contribution < -0.4 is 5.73 Å². The van der Waals surface area contributed by atoms with Gasteiger partial charge in [0.15, 0.2) is 11.5 Å². The molecule has 1 unspecified atom stereocenters. The summed E-state index contributed by atoms with van der Waals surface area (Å²) in [6, 6.07) is 0. The van der Waals surface area contributed by atoms with Crippen LogP contribution in [0.2, 0.25) is 0 Å². The molecule has 2 aromatic heterocycles. The molecule has 1 aliphatic rings. The minimum Gasteiger partial charge on any atom is -0.393 e. The SMILES string of the molecule is Nc1ncnc2c1ncn2C1CCC(CO)(CO)O1.